The summed E-state index contributed by atoms with van der Waals surface area (Å²) < 4.78 is 2.38. The van der Waals surface area contributed by atoms with E-state index in [1.807, 2.05) is 0 Å². The fraction of sp³-hybridized carbons (Fsp3) is 0.333. The summed E-state index contributed by atoms with van der Waals surface area (Å²) in [6.45, 7) is 0. The number of carboxylic acids is 1. The van der Waals surface area contributed by atoms with Gasteiger partial charge in [0.1, 0.15) is 0 Å². The third-order valence-corrected chi connectivity index (χ3v) is 2.19. The molecule has 4 nitrogen and oxygen atoms in total. The zero-order valence-corrected chi connectivity index (χ0v) is 10.7. The number of carboxylic acid groups (broad SMARTS) is 1. The zero-order chi connectivity index (χ0) is 11.4. The Bertz CT molecular complexity index is 259. The van der Waals surface area contributed by atoms with Crippen LogP contribution in [0.1, 0.15) is 0 Å². The molecule has 0 fully saturated rings. The highest BCUT2D eigenvalue weighted by Gasteiger charge is 2.33. The first kappa shape index (κ1) is 17.5. The lowest BCUT2D eigenvalue weighted by molar-refractivity contribution is -0.140. The monoisotopic (exact) mass is 316 g/mol. The highest BCUT2D eigenvalue weighted by molar-refractivity contribution is 6.70. The molecule has 0 saturated heterocycles. The number of hydrogen-bond donors (Lipinski definition) is 1. The average molecular weight is 318 g/mol. The molecule has 0 aliphatic heterocycles. The van der Waals surface area contributed by atoms with E-state index >= 15 is 0 Å². The summed E-state index contributed by atoms with van der Waals surface area (Å²) in [6.07, 6.45) is 1.22. The molecule has 1 atom stereocenters. The van der Waals surface area contributed by atoms with Crippen molar-refractivity contribution < 1.29 is 19.4 Å². The van der Waals surface area contributed by atoms with Crippen molar-refractivity contribution in [1.82, 2.24) is 0 Å². The molecule has 0 aromatic heterocycles. The van der Waals surface area contributed by atoms with E-state index in [9.17, 15) is 9.59 Å². The van der Waals surface area contributed by atoms with Gasteiger partial charge in [0.15, 0.2) is 0 Å². The second kappa shape index (κ2) is 7.41. The molecule has 0 amide bonds. The number of carbonyl (C=O) groups excluding carboxylic acids is 1. The van der Waals surface area contributed by atoms with Gasteiger partial charge in [-0.15, -0.1) is 12.4 Å². The molecule has 0 aromatic carbocycles. The van der Waals surface area contributed by atoms with Crippen LogP contribution >= 0.6 is 58.8 Å². The van der Waals surface area contributed by atoms with Crippen LogP contribution in [0.4, 0.5) is 0 Å². The maximum atomic E-state index is 10.8. The Labute approximate surface area is 111 Å². The first-order valence-corrected chi connectivity index (χ1v) is 4.63. The standard InChI is InChI=1S/C6H4Cl4O4.ClH/c7-5(6(8,9)10)14-4(13)2-1-3(11)12;/h1-2,5H,(H,11,12);1H/b2-1+;. The predicted octanol–water partition coefficient (Wildman–Crippen LogP) is 2.53. The van der Waals surface area contributed by atoms with Crippen LogP contribution < -0.4 is 0 Å². The third kappa shape index (κ3) is 9.08. The molecular formula is C6H5Cl5O4. The highest BCUT2D eigenvalue weighted by Crippen LogP contribution is 2.34. The van der Waals surface area contributed by atoms with Gasteiger partial charge in [-0.2, -0.15) is 0 Å². The molecule has 0 bridgehead atoms. The molecule has 0 saturated carbocycles. The van der Waals surface area contributed by atoms with Gasteiger partial charge in [-0.3, -0.25) is 0 Å². The van der Waals surface area contributed by atoms with Gasteiger partial charge in [-0.05, 0) is 0 Å². The zero-order valence-electron chi connectivity index (χ0n) is 6.82. The van der Waals surface area contributed by atoms with Crippen LogP contribution in [-0.4, -0.2) is 26.4 Å². The molecule has 0 heterocycles. The highest BCUT2D eigenvalue weighted by atomic mass is 35.6. The summed E-state index contributed by atoms with van der Waals surface area (Å²) in [7, 11) is 0. The van der Waals surface area contributed by atoms with E-state index in [1.165, 1.54) is 0 Å². The number of ether oxygens (including phenoxy) is 1. The fourth-order valence-corrected chi connectivity index (χ4v) is 0.569. The van der Waals surface area contributed by atoms with Gasteiger partial charge in [-0.1, -0.05) is 46.4 Å². The van der Waals surface area contributed by atoms with E-state index < -0.39 is 21.3 Å². The molecule has 0 aliphatic rings. The van der Waals surface area contributed by atoms with E-state index in [4.69, 9.17) is 51.5 Å². The molecule has 0 spiro atoms. The average Bonchev–Trinajstić information content (AvgIpc) is 1.99. The first-order chi connectivity index (χ1) is 6.23. The summed E-state index contributed by atoms with van der Waals surface area (Å²) in [6, 6.07) is 0. The Morgan fingerprint density at radius 1 is 1.27 bits per heavy atom. The van der Waals surface area contributed by atoms with Gasteiger partial charge < -0.3 is 9.84 Å². The van der Waals surface area contributed by atoms with Crippen LogP contribution in [0.2, 0.25) is 0 Å². The number of hydrogen-bond acceptors (Lipinski definition) is 3. The molecule has 88 valence electrons. The number of aliphatic carboxylic acids is 1. The number of esters is 1. The van der Waals surface area contributed by atoms with Crippen LogP contribution in [0.25, 0.3) is 0 Å². The Kier molecular flexibility index (Phi) is 8.66. The fourth-order valence-electron chi connectivity index (χ4n) is 0.347. The van der Waals surface area contributed by atoms with Crippen LogP contribution in [0.5, 0.6) is 0 Å². The van der Waals surface area contributed by atoms with Crippen molar-refractivity contribution in [1.29, 1.82) is 0 Å². The molecule has 0 aliphatic carbocycles. The smallest absolute Gasteiger partial charge is 0.332 e. The Morgan fingerprint density at radius 3 is 2.07 bits per heavy atom. The Hall–Kier alpha value is 0.130. The molecular weight excluding hydrogens is 313 g/mol. The van der Waals surface area contributed by atoms with Crippen molar-refractivity contribution >= 4 is 70.7 Å². The Balaban J connectivity index is 0. The quantitative estimate of drug-likeness (QED) is 0.493. The van der Waals surface area contributed by atoms with Crippen molar-refractivity contribution in [2.24, 2.45) is 0 Å². The SMILES string of the molecule is Cl.O=C(O)/C=C/C(=O)OC(Cl)C(Cl)(Cl)Cl. The maximum Gasteiger partial charge on any atom is 0.332 e. The van der Waals surface area contributed by atoms with Crippen molar-refractivity contribution in [3.8, 4) is 0 Å². The number of alkyl halides is 4. The summed E-state index contributed by atoms with van der Waals surface area (Å²) in [5, 5.41) is 8.15. The van der Waals surface area contributed by atoms with Crippen LogP contribution in [-0.2, 0) is 14.3 Å². The molecule has 9 heteroatoms. The van der Waals surface area contributed by atoms with Gasteiger partial charge in [0.05, 0.1) is 0 Å². The van der Waals surface area contributed by atoms with Crippen molar-refractivity contribution in [2.45, 2.75) is 9.36 Å². The first-order valence-electron chi connectivity index (χ1n) is 3.06. The largest absolute Gasteiger partial charge is 0.478 e. The lowest BCUT2D eigenvalue weighted by Crippen LogP contribution is -2.25. The second-order valence-electron chi connectivity index (χ2n) is 1.97. The lowest BCUT2D eigenvalue weighted by atomic mass is 10.5. The second-order valence-corrected chi connectivity index (χ2v) is 4.73. The van der Waals surface area contributed by atoms with Gasteiger partial charge >= 0.3 is 11.9 Å². The van der Waals surface area contributed by atoms with Gasteiger partial charge in [0.25, 0.3) is 0 Å². The van der Waals surface area contributed by atoms with Crippen LogP contribution in [0.3, 0.4) is 0 Å². The molecule has 0 radical (unpaired) electrons. The van der Waals surface area contributed by atoms with E-state index in [0.29, 0.717) is 12.2 Å². The van der Waals surface area contributed by atoms with Crippen LogP contribution in [0, 0.1) is 0 Å². The Morgan fingerprint density at radius 2 is 1.73 bits per heavy atom. The number of halogens is 5. The molecule has 1 unspecified atom stereocenters. The normalized spacial score (nSPS) is 13.1. The van der Waals surface area contributed by atoms with Crippen molar-refractivity contribution in [2.75, 3.05) is 0 Å². The van der Waals surface area contributed by atoms with E-state index in [0.717, 1.165) is 0 Å². The summed E-state index contributed by atoms with van der Waals surface area (Å²) >= 11 is 21.2. The van der Waals surface area contributed by atoms with Gasteiger partial charge in [0, 0.05) is 12.2 Å². The molecule has 15 heavy (non-hydrogen) atoms. The van der Waals surface area contributed by atoms with Crippen LogP contribution in [0.15, 0.2) is 12.2 Å². The third-order valence-electron chi connectivity index (χ3n) is 0.839. The van der Waals surface area contributed by atoms with Crippen molar-refractivity contribution in [3.63, 3.8) is 0 Å². The molecule has 1 N–H and O–H groups in total. The maximum absolute atomic E-state index is 10.8. The van der Waals surface area contributed by atoms with E-state index in [-0.39, 0.29) is 12.4 Å². The topological polar surface area (TPSA) is 63.6 Å². The van der Waals surface area contributed by atoms with E-state index in [1.54, 1.807) is 0 Å². The molecule has 0 rings (SSSR count). The minimum absolute atomic E-state index is 0. The van der Waals surface area contributed by atoms with Crippen molar-refractivity contribution in [3.05, 3.63) is 12.2 Å². The summed E-state index contributed by atoms with van der Waals surface area (Å²) in [4.78, 5) is 20.8. The minimum atomic E-state index is -1.96. The summed E-state index contributed by atoms with van der Waals surface area (Å²) in [5.41, 5.74) is -1.49. The van der Waals surface area contributed by atoms with Gasteiger partial charge in [0.2, 0.25) is 9.36 Å². The minimum Gasteiger partial charge on any atom is -0.478 e. The van der Waals surface area contributed by atoms with Gasteiger partial charge in [-0.25, -0.2) is 9.59 Å². The van der Waals surface area contributed by atoms with E-state index in [2.05, 4.69) is 4.74 Å². The lowest BCUT2D eigenvalue weighted by Gasteiger charge is -2.16. The summed E-state index contributed by atoms with van der Waals surface area (Å²) in [5.74, 6) is -2.32. The predicted molar refractivity (Wildman–Crippen MR) is 60.0 cm³/mol. The molecule has 0 aromatic rings. The number of rotatable bonds is 3. The number of carbonyl (C=O) groups is 2.